The van der Waals surface area contributed by atoms with Gasteiger partial charge in [0.25, 0.3) is 0 Å². The number of benzene rings is 1. The zero-order chi connectivity index (χ0) is 14.5. The quantitative estimate of drug-likeness (QED) is 0.889. The van der Waals surface area contributed by atoms with Crippen molar-refractivity contribution in [1.82, 2.24) is 10.3 Å². The second-order valence-electron chi connectivity index (χ2n) is 4.91. The highest BCUT2D eigenvalue weighted by Crippen LogP contribution is 2.25. The summed E-state index contributed by atoms with van der Waals surface area (Å²) in [7, 11) is 0. The molecule has 3 N–H and O–H groups in total. The van der Waals surface area contributed by atoms with Crippen LogP contribution in [0, 0.1) is 0 Å². The average molecular weight is 289 g/mol. The third kappa shape index (κ3) is 3.88. The van der Waals surface area contributed by atoms with Crippen LogP contribution < -0.4 is 11.1 Å². The molecule has 0 aliphatic carbocycles. The van der Waals surface area contributed by atoms with E-state index in [1.165, 1.54) is 0 Å². The van der Waals surface area contributed by atoms with Gasteiger partial charge < -0.3 is 11.1 Å². The topological polar surface area (TPSA) is 68.0 Å². The maximum atomic E-state index is 11.7. The maximum absolute atomic E-state index is 11.7. The lowest BCUT2D eigenvalue weighted by Gasteiger charge is -2.12. The van der Waals surface area contributed by atoms with E-state index in [1.54, 1.807) is 11.3 Å². The van der Waals surface area contributed by atoms with Crippen LogP contribution in [0.5, 0.6) is 0 Å². The summed E-state index contributed by atoms with van der Waals surface area (Å²) < 4.78 is 0. The van der Waals surface area contributed by atoms with E-state index >= 15 is 0 Å². The molecule has 0 saturated carbocycles. The van der Waals surface area contributed by atoms with Crippen molar-refractivity contribution in [3.63, 3.8) is 0 Å². The molecular formula is C15H19N3OS. The Bertz CT molecular complexity index is 566. The minimum Gasteiger partial charge on any atom is -0.347 e. The third-order valence-electron chi connectivity index (χ3n) is 2.85. The SMILES string of the molecule is CC(N)CC(=O)NC(C)c1nc(-c2ccccc2)cs1. The molecule has 2 rings (SSSR count). The lowest BCUT2D eigenvalue weighted by Crippen LogP contribution is -2.31. The Kier molecular flexibility index (Phi) is 4.87. The van der Waals surface area contributed by atoms with E-state index in [-0.39, 0.29) is 18.0 Å². The molecule has 2 unspecified atom stereocenters. The van der Waals surface area contributed by atoms with Crippen molar-refractivity contribution in [2.24, 2.45) is 5.73 Å². The molecule has 1 amide bonds. The maximum Gasteiger partial charge on any atom is 0.222 e. The van der Waals surface area contributed by atoms with E-state index in [1.807, 2.05) is 49.6 Å². The number of nitrogens with one attached hydrogen (secondary N) is 1. The van der Waals surface area contributed by atoms with Gasteiger partial charge in [0.1, 0.15) is 5.01 Å². The van der Waals surface area contributed by atoms with E-state index in [0.717, 1.165) is 16.3 Å². The fourth-order valence-corrected chi connectivity index (χ4v) is 2.72. The number of hydrogen-bond acceptors (Lipinski definition) is 4. The van der Waals surface area contributed by atoms with Gasteiger partial charge in [-0.25, -0.2) is 4.98 Å². The second-order valence-corrected chi connectivity index (χ2v) is 5.80. The van der Waals surface area contributed by atoms with E-state index < -0.39 is 0 Å². The first kappa shape index (κ1) is 14.7. The Morgan fingerprint density at radius 3 is 2.70 bits per heavy atom. The summed E-state index contributed by atoms with van der Waals surface area (Å²) >= 11 is 1.56. The molecule has 1 aromatic heterocycles. The molecule has 1 heterocycles. The highest BCUT2D eigenvalue weighted by Gasteiger charge is 2.14. The summed E-state index contributed by atoms with van der Waals surface area (Å²) in [6.07, 6.45) is 0.335. The first-order valence-corrected chi connectivity index (χ1v) is 7.50. The number of hydrogen-bond donors (Lipinski definition) is 2. The number of nitrogens with two attached hydrogens (primary N) is 1. The number of rotatable bonds is 5. The molecule has 0 bridgehead atoms. The molecule has 2 atom stereocenters. The van der Waals surface area contributed by atoms with Crippen LogP contribution in [-0.2, 0) is 4.79 Å². The van der Waals surface area contributed by atoms with Crippen LogP contribution in [0.3, 0.4) is 0 Å². The van der Waals surface area contributed by atoms with Crippen molar-refractivity contribution in [2.75, 3.05) is 0 Å². The van der Waals surface area contributed by atoms with Gasteiger partial charge in [0.05, 0.1) is 11.7 Å². The molecular weight excluding hydrogens is 270 g/mol. The predicted molar refractivity (Wildman–Crippen MR) is 82.4 cm³/mol. The van der Waals surface area contributed by atoms with Crippen molar-refractivity contribution < 1.29 is 4.79 Å². The predicted octanol–water partition coefficient (Wildman–Crippen LogP) is 2.72. The van der Waals surface area contributed by atoms with Gasteiger partial charge in [-0.3, -0.25) is 4.79 Å². The average Bonchev–Trinajstić information content (AvgIpc) is 2.88. The number of thiazole rings is 1. The minimum atomic E-state index is -0.127. The van der Waals surface area contributed by atoms with Crippen LogP contribution in [0.15, 0.2) is 35.7 Å². The summed E-state index contributed by atoms with van der Waals surface area (Å²) in [4.78, 5) is 16.3. The summed E-state index contributed by atoms with van der Waals surface area (Å²) in [5, 5.41) is 5.84. The Labute approximate surface area is 123 Å². The highest BCUT2D eigenvalue weighted by molar-refractivity contribution is 7.10. The molecule has 4 nitrogen and oxygen atoms in total. The van der Waals surface area contributed by atoms with Gasteiger partial charge in [-0.05, 0) is 13.8 Å². The van der Waals surface area contributed by atoms with Gasteiger partial charge in [-0.2, -0.15) is 0 Å². The molecule has 106 valence electrons. The first-order chi connectivity index (χ1) is 9.56. The van der Waals surface area contributed by atoms with Gasteiger partial charge in [-0.1, -0.05) is 30.3 Å². The molecule has 0 aliphatic heterocycles. The first-order valence-electron chi connectivity index (χ1n) is 6.62. The number of carbonyl (C=O) groups excluding carboxylic acids is 1. The summed E-state index contributed by atoms with van der Waals surface area (Å²) in [6, 6.07) is 9.79. The van der Waals surface area contributed by atoms with Crippen molar-refractivity contribution in [3.05, 3.63) is 40.7 Å². The summed E-state index contributed by atoms with van der Waals surface area (Å²) in [5.74, 6) is -0.0380. The van der Waals surface area contributed by atoms with E-state index in [9.17, 15) is 4.79 Å². The van der Waals surface area contributed by atoms with Gasteiger partial charge >= 0.3 is 0 Å². The molecule has 0 spiro atoms. The lowest BCUT2D eigenvalue weighted by molar-refractivity contribution is -0.122. The Morgan fingerprint density at radius 1 is 1.35 bits per heavy atom. The van der Waals surface area contributed by atoms with E-state index in [0.29, 0.717) is 6.42 Å². The fourth-order valence-electron chi connectivity index (χ4n) is 1.88. The molecule has 0 radical (unpaired) electrons. The number of carbonyl (C=O) groups is 1. The minimum absolute atomic E-state index is 0.0380. The molecule has 0 aliphatic rings. The van der Waals surface area contributed by atoms with Gasteiger partial charge in [-0.15, -0.1) is 11.3 Å². The van der Waals surface area contributed by atoms with Crippen LogP contribution in [-0.4, -0.2) is 16.9 Å². The van der Waals surface area contributed by atoms with E-state index in [4.69, 9.17) is 5.73 Å². The molecule has 0 saturated heterocycles. The molecule has 20 heavy (non-hydrogen) atoms. The zero-order valence-corrected chi connectivity index (χ0v) is 12.5. The van der Waals surface area contributed by atoms with Gasteiger partial charge in [0.15, 0.2) is 0 Å². The fraction of sp³-hybridized carbons (Fsp3) is 0.333. The van der Waals surface area contributed by atoms with Gasteiger partial charge in [0, 0.05) is 23.4 Å². The van der Waals surface area contributed by atoms with Crippen LogP contribution in [0.1, 0.15) is 31.3 Å². The summed E-state index contributed by atoms with van der Waals surface area (Å²) in [5.41, 5.74) is 7.64. The zero-order valence-electron chi connectivity index (χ0n) is 11.7. The third-order valence-corrected chi connectivity index (χ3v) is 3.87. The Balaban J connectivity index is 2.03. The number of nitrogens with zero attached hydrogens (tertiary/aromatic N) is 1. The summed E-state index contributed by atoms with van der Waals surface area (Å²) in [6.45, 7) is 3.76. The van der Waals surface area contributed by atoms with E-state index in [2.05, 4.69) is 10.3 Å². The van der Waals surface area contributed by atoms with Crippen LogP contribution in [0.2, 0.25) is 0 Å². The second kappa shape index (κ2) is 6.63. The normalized spacial score (nSPS) is 13.8. The number of aromatic nitrogens is 1. The highest BCUT2D eigenvalue weighted by atomic mass is 32.1. The van der Waals surface area contributed by atoms with Crippen LogP contribution in [0.4, 0.5) is 0 Å². The van der Waals surface area contributed by atoms with Gasteiger partial charge in [0.2, 0.25) is 5.91 Å². The largest absolute Gasteiger partial charge is 0.347 e. The van der Waals surface area contributed by atoms with Crippen molar-refractivity contribution in [1.29, 1.82) is 0 Å². The Hall–Kier alpha value is -1.72. The van der Waals surface area contributed by atoms with Crippen molar-refractivity contribution in [2.45, 2.75) is 32.4 Å². The van der Waals surface area contributed by atoms with Crippen molar-refractivity contribution >= 4 is 17.2 Å². The lowest BCUT2D eigenvalue weighted by atomic mass is 10.2. The Morgan fingerprint density at radius 2 is 2.05 bits per heavy atom. The van der Waals surface area contributed by atoms with Crippen molar-refractivity contribution in [3.8, 4) is 11.3 Å². The number of amides is 1. The van der Waals surface area contributed by atoms with Crippen LogP contribution >= 0.6 is 11.3 Å². The molecule has 1 aromatic carbocycles. The molecule has 2 aromatic rings. The molecule has 5 heteroatoms. The standard InChI is InChI=1S/C15H19N3OS/c1-10(16)8-14(19)17-11(2)15-18-13(9-20-15)12-6-4-3-5-7-12/h3-7,9-11H,8,16H2,1-2H3,(H,17,19). The molecule has 0 fully saturated rings. The smallest absolute Gasteiger partial charge is 0.222 e. The van der Waals surface area contributed by atoms with Crippen LogP contribution in [0.25, 0.3) is 11.3 Å². The monoisotopic (exact) mass is 289 g/mol.